The highest BCUT2D eigenvalue weighted by Gasteiger charge is 2.31. The van der Waals surface area contributed by atoms with Crippen molar-refractivity contribution in [3.05, 3.63) is 29.3 Å². The van der Waals surface area contributed by atoms with E-state index in [9.17, 15) is 13.5 Å². The predicted octanol–water partition coefficient (Wildman–Crippen LogP) is 3.01. The van der Waals surface area contributed by atoms with Gasteiger partial charge in [-0.25, -0.2) is 8.42 Å². The zero-order chi connectivity index (χ0) is 13.5. The van der Waals surface area contributed by atoms with Gasteiger partial charge in [-0.1, -0.05) is 25.1 Å². The maximum absolute atomic E-state index is 11.6. The van der Waals surface area contributed by atoms with Crippen LogP contribution in [0.5, 0.6) is 5.75 Å². The van der Waals surface area contributed by atoms with Crippen LogP contribution in [0.25, 0.3) is 0 Å². The Kier molecular flexibility index (Phi) is 3.41. The molecule has 2 atom stereocenters. The van der Waals surface area contributed by atoms with Crippen molar-refractivity contribution in [2.24, 2.45) is 5.92 Å². The number of aromatic hydroxyl groups is 1. The number of rotatable bonds is 4. The molecule has 0 bridgehead atoms. The van der Waals surface area contributed by atoms with E-state index in [1.54, 1.807) is 13.0 Å². The molecule has 1 N–H and O–H groups in total. The second-order valence-corrected chi connectivity index (χ2v) is 7.75. The van der Waals surface area contributed by atoms with Crippen LogP contribution in [-0.4, -0.2) is 19.8 Å². The highest BCUT2D eigenvalue weighted by molar-refractivity contribution is 7.90. The third-order valence-electron chi connectivity index (χ3n) is 4.00. The van der Waals surface area contributed by atoms with Crippen molar-refractivity contribution in [3.8, 4) is 5.75 Å². The molecule has 18 heavy (non-hydrogen) atoms. The summed E-state index contributed by atoms with van der Waals surface area (Å²) in [5.41, 5.74) is 1.40. The maximum Gasteiger partial charge on any atom is 0.154 e. The zero-order valence-electron chi connectivity index (χ0n) is 11.1. The van der Waals surface area contributed by atoms with Crippen LogP contribution < -0.4 is 0 Å². The molecular weight excluding hydrogens is 248 g/mol. The van der Waals surface area contributed by atoms with Gasteiger partial charge in [-0.05, 0) is 37.2 Å². The van der Waals surface area contributed by atoms with Crippen LogP contribution in [0.1, 0.15) is 49.0 Å². The lowest BCUT2D eigenvalue weighted by Gasteiger charge is -2.18. The van der Waals surface area contributed by atoms with Crippen LogP contribution in [0.3, 0.4) is 0 Å². The lowest BCUT2D eigenvalue weighted by atomic mass is 9.93. The normalized spacial score (nSPS) is 19.5. The van der Waals surface area contributed by atoms with Gasteiger partial charge in [-0.15, -0.1) is 0 Å². The third-order valence-corrected chi connectivity index (χ3v) is 5.54. The van der Waals surface area contributed by atoms with Crippen molar-refractivity contribution >= 4 is 9.84 Å². The van der Waals surface area contributed by atoms with Gasteiger partial charge in [0.1, 0.15) is 5.75 Å². The second-order valence-electron chi connectivity index (χ2n) is 5.38. The van der Waals surface area contributed by atoms with Crippen molar-refractivity contribution in [3.63, 3.8) is 0 Å². The van der Waals surface area contributed by atoms with E-state index in [-0.39, 0.29) is 5.75 Å². The van der Waals surface area contributed by atoms with E-state index in [0.717, 1.165) is 5.56 Å². The molecule has 0 saturated heterocycles. The van der Waals surface area contributed by atoms with Crippen molar-refractivity contribution < 1.29 is 13.5 Å². The molecule has 100 valence electrons. The van der Waals surface area contributed by atoms with Gasteiger partial charge in [0.15, 0.2) is 9.84 Å². The largest absolute Gasteiger partial charge is 0.507 e. The van der Waals surface area contributed by atoms with Crippen molar-refractivity contribution in [1.82, 2.24) is 0 Å². The minimum Gasteiger partial charge on any atom is -0.507 e. The number of phenols is 1. The van der Waals surface area contributed by atoms with Gasteiger partial charge in [0.2, 0.25) is 0 Å². The fourth-order valence-corrected chi connectivity index (χ4v) is 3.01. The first-order chi connectivity index (χ1) is 8.32. The van der Waals surface area contributed by atoms with Gasteiger partial charge in [0, 0.05) is 11.8 Å². The zero-order valence-corrected chi connectivity index (χ0v) is 11.9. The van der Waals surface area contributed by atoms with Gasteiger partial charge in [-0.2, -0.15) is 0 Å². The number of sulfone groups is 1. The molecule has 0 aliphatic heterocycles. The van der Waals surface area contributed by atoms with E-state index < -0.39 is 15.1 Å². The third kappa shape index (κ3) is 2.53. The van der Waals surface area contributed by atoms with E-state index in [4.69, 9.17) is 0 Å². The van der Waals surface area contributed by atoms with E-state index >= 15 is 0 Å². The van der Waals surface area contributed by atoms with E-state index in [1.165, 1.54) is 19.1 Å². The summed E-state index contributed by atoms with van der Waals surface area (Å²) in [4.78, 5) is 0. The van der Waals surface area contributed by atoms with Gasteiger partial charge in [0.05, 0.1) is 5.25 Å². The number of hydrogen-bond acceptors (Lipinski definition) is 3. The Morgan fingerprint density at radius 3 is 2.28 bits per heavy atom. The van der Waals surface area contributed by atoms with Gasteiger partial charge in [0.25, 0.3) is 0 Å². The molecule has 1 saturated carbocycles. The molecule has 4 heteroatoms. The molecule has 0 radical (unpaired) electrons. The smallest absolute Gasteiger partial charge is 0.154 e. The highest BCUT2D eigenvalue weighted by atomic mass is 32.2. The lowest BCUT2D eigenvalue weighted by Crippen LogP contribution is -2.09. The van der Waals surface area contributed by atoms with E-state index in [0.29, 0.717) is 17.4 Å². The van der Waals surface area contributed by atoms with Crippen LogP contribution in [-0.2, 0) is 9.84 Å². The minimum atomic E-state index is -3.19. The Morgan fingerprint density at radius 1 is 1.22 bits per heavy atom. The molecule has 1 aliphatic carbocycles. The number of phenolic OH excluding ortho intramolecular Hbond substituents is 1. The summed E-state index contributed by atoms with van der Waals surface area (Å²) in [6.07, 6.45) is 3.60. The average Bonchev–Trinajstić information content (AvgIpc) is 3.10. The monoisotopic (exact) mass is 268 g/mol. The molecule has 1 aliphatic rings. The first-order valence-corrected chi connectivity index (χ1v) is 8.28. The number of benzene rings is 1. The molecule has 0 aromatic heterocycles. The van der Waals surface area contributed by atoms with Gasteiger partial charge < -0.3 is 5.11 Å². The summed E-state index contributed by atoms with van der Waals surface area (Å²) in [7, 11) is -3.19. The molecule has 1 aromatic carbocycles. The molecule has 0 spiro atoms. The lowest BCUT2D eigenvalue weighted by molar-refractivity contribution is 0.450. The second kappa shape index (κ2) is 4.57. The van der Waals surface area contributed by atoms with Crippen LogP contribution in [0, 0.1) is 5.92 Å². The molecule has 0 unspecified atom stereocenters. The molecule has 0 heterocycles. The number of hydrogen-bond donors (Lipinski definition) is 1. The van der Waals surface area contributed by atoms with Crippen LogP contribution in [0.4, 0.5) is 0 Å². The van der Waals surface area contributed by atoms with Crippen molar-refractivity contribution in [2.75, 3.05) is 6.26 Å². The summed E-state index contributed by atoms with van der Waals surface area (Å²) in [5, 5.41) is 9.64. The molecule has 3 nitrogen and oxygen atoms in total. The molecule has 1 aromatic rings. The van der Waals surface area contributed by atoms with Crippen molar-refractivity contribution in [2.45, 2.75) is 37.9 Å². The molecule has 0 amide bonds. The van der Waals surface area contributed by atoms with E-state index in [1.807, 2.05) is 12.1 Å². The predicted molar refractivity (Wildman–Crippen MR) is 72.5 cm³/mol. The van der Waals surface area contributed by atoms with Crippen LogP contribution in [0.15, 0.2) is 18.2 Å². The molecular formula is C14H20O3S. The average molecular weight is 268 g/mol. The topological polar surface area (TPSA) is 54.4 Å². The molecule has 2 rings (SSSR count). The standard InChI is InChI=1S/C14H20O3S/c1-9(11-7-8-11)12-5-4-6-13(14(12)15)10(2)18(3,16)17/h4-6,9-11,15H,7-8H2,1-3H3/t9-,10+/m0/s1. The molecule has 1 fully saturated rings. The first-order valence-electron chi connectivity index (χ1n) is 6.33. The minimum absolute atomic E-state index is 0.162. The SMILES string of the molecule is C[C@H](c1cccc([C@@H](C)S(C)(=O)=O)c1O)C1CC1. The fraction of sp³-hybridized carbons (Fsp3) is 0.571. The Bertz CT molecular complexity index is 544. The summed E-state index contributed by atoms with van der Waals surface area (Å²) in [6.45, 7) is 3.72. The Hall–Kier alpha value is -1.03. The summed E-state index contributed by atoms with van der Waals surface area (Å²) >= 11 is 0. The maximum atomic E-state index is 11.6. The van der Waals surface area contributed by atoms with Crippen LogP contribution in [0.2, 0.25) is 0 Å². The Morgan fingerprint density at radius 2 is 1.78 bits per heavy atom. The summed E-state index contributed by atoms with van der Waals surface area (Å²) in [5.74, 6) is 1.10. The summed E-state index contributed by atoms with van der Waals surface area (Å²) < 4.78 is 23.2. The Balaban J connectivity index is 2.41. The quantitative estimate of drug-likeness (QED) is 0.913. The first kappa shape index (κ1) is 13.4. The van der Waals surface area contributed by atoms with Crippen molar-refractivity contribution in [1.29, 1.82) is 0 Å². The Labute approximate surface area is 109 Å². The fourth-order valence-electron chi connectivity index (χ4n) is 2.36. The van der Waals surface area contributed by atoms with Gasteiger partial charge in [-0.3, -0.25) is 0 Å². The number of para-hydroxylation sites is 1. The van der Waals surface area contributed by atoms with Gasteiger partial charge >= 0.3 is 0 Å². The van der Waals surface area contributed by atoms with Crippen LogP contribution >= 0.6 is 0 Å². The highest BCUT2D eigenvalue weighted by Crippen LogP contribution is 2.46. The van der Waals surface area contributed by atoms with E-state index in [2.05, 4.69) is 6.92 Å². The summed E-state index contributed by atoms with van der Waals surface area (Å²) in [6, 6.07) is 5.44.